The topological polar surface area (TPSA) is 55.7 Å². The molecule has 1 aliphatic rings. The molecule has 0 amide bonds. The lowest BCUT2D eigenvalue weighted by Crippen LogP contribution is -2.30. The highest BCUT2D eigenvalue weighted by molar-refractivity contribution is 5.37. The van der Waals surface area contributed by atoms with Crippen molar-refractivity contribution >= 4 is 6.47 Å². The molecule has 0 aliphatic heterocycles. The van der Waals surface area contributed by atoms with Gasteiger partial charge in [-0.2, -0.15) is 4.91 Å². The SMILES string of the molecule is O=CO[C@@H]1CCCC[C@H]1N=O. The molecule has 62 valence electrons. The smallest absolute Gasteiger partial charge is 0.293 e. The van der Waals surface area contributed by atoms with Crippen molar-refractivity contribution in [3.8, 4) is 0 Å². The van der Waals surface area contributed by atoms with E-state index in [1.807, 2.05) is 0 Å². The van der Waals surface area contributed by atoms with Crippen molar-refractivity contribution in [2.24, 2.45) is 5.18 Å². The maximum absolute atomic E-state index is 10.2. The number of rotatable bonds is 3. The van der Waals surface area contributed by atoms with Gasteiger partial charge in [-0.15, -0.1) is 0 Å². The van der Waals surface area contributed by atoms with Gasteiger partial charge in [-0.05, 0) is 19.3 Å². The summed E-state index contributed by atoms with van der Waals surface area (Å²) in [5, 5.41) is 2.91. The Labute approximate surface area is 64.9 Å². The average molecular weight is 157 g/mol. The Kier molecular flexibility index (Phi) is 3.01. The van der Waals surface area contributed by atoms with Gasteiger partial charge >= 0.3 is 0 Å². The van der Waals surface area contributed by atoms with Gasteiger partial charge in [-0.25, -0.2) is 0 Å². The van der Waals surface area contributed by atoms with Crippen LogP contribution >= 0.6 is 0 Å². The van der Waals surface area contributed by atoms with Crippen molar-refractivity contribution < 1.29 is 9.53 Å². The monoisotopic (exact) mass is 157 g/mol. The molecule has 0 unspecified atom stereocenters. The Morgan fingerprint density at radius 1 is 1.36 bits per heavy atom. The van der Waals surface area contributed by atoms with Gasteiger partial charge in [-0.1, -0.05) is 11.6 Å². The first-order valence-electron chi connectivity index (χ1n) is 3.80. The van der Waals surface area contributed by atoms with E-state index in [-0.39, 0.29) is 12.1 Å². The van der Waals surface area contributed by atoms with Crippen LogP contribution in [0.4, 0.5) is 0 Å². The Bertz CT molecular complexity index is 149. The van der Waals surface area contributed by atoms with E-state index in [1.54, 1.807) is 0 Å². The normalized spacial score (nSPS) is 30.9. The Morgan fingerprint density at radius 3 is 2.73 bits per heavy atom. The van der Waals surface area contributed by atoms with Crippen LogP contribution in [0.25, 0.3) is 0 Å². The van der Waals surface area contributed by atoms with E-state index in [1.165, 1.54) is 0 Å². The predicted molar refractivity (Wildman–Crippen MR) is 39.0 cm³/mol. The Hall–Kier alpha value is -0.930. The third-order valence-corrected chi connectivity index (χ3v) is 2.03. The quantitative estimate of drug-likeness (QED) is 0.457. The van der Waals surface area contributed by atoms with Crippen LogP contribution in [-0.2, 0) is 9.53 Å². The van der Waals surface area contributed by atoms with Crippen LogP contribution in [0, 0.1) is 4.91 Å². The van der Waals surface area contributed by atoms with Gasteiger partial charge in [0.2, 0.25) is 0 Å². The highest BCUT2D eigenvalue weighted by atomic mass is 16.5. The molecule has 11 heavy (non-hydrogen) atoms. The van der Waals surface area contributed by atoms with Gasteiger partial charge in [0.15, 0.2) is 0 Å². The number of hydrogen-bond donors (Lipinski definition) is 0. The molecular formula is C7H11NO3. The van der Waals surface area contributed by atoms with Gasteiger partial charge in [0.1, 0.15) is 12.1 Å². The summed E-state index contributed by atoms with van der Waals surface area (Å²) in [6.07, 6.45) is 3.29. The Morgan fingerprint density at radius 2 is 2.09 bits per heavy atom. The lowest BCUT2D eigenvalue weighted by atomic mass is 9.93. The zero-order valence-electron chi connectivity index (χ0n) is 6.23. The van der Waals surface area contributed by atoms with Crippen LogP contribution in [0.15, 0.2) is 5.18 Å². The van der Waals surface area contributed by atoms with Crippen LogP contribution in [0.2, 0.25) is 0 Å². The van der Waals surface area contributed by atoms with Crippen LogP contribution in [0.1, 0.15) is 25.7 Å². The fourth-order valence-electron chi connectivity index (χ4n) is 1.43. The summed E-state index contributed by atoms with van der Waals surface area (Å²) in [7, 11) is 0. The van der Waals surface area contributed by atoms with E-state index in [4.69, 9.17) is 4.74 Å². The first kappa shape index (κ1) is 8.17. The van der Waals surface area contributed by atoms with Crippen molar-refractivity contribution in [2.75, 3.05) is 0 Å². The first-order chi connectivity index (χ1) is 5.38. The molecule has 0 aromatic heterocycles. The molecule has 1 aliphatic carbocycles. The molecule has 4 nitrogen and oxygen atoms in total. The maximum atomic E-state index is 10.2. The highest BCUT2D eigenvalue weighted by Gasteiger charge is 2.26. The predicted octanol–water partition coefficient (Wildman–Crippen LogP) is 1.24. The van der Waals surface area contributed by atoms with E-state index in [9.17, 15) is 9.70 Å². The van der Waals surface area contributed by atoms with Crippen molar-refractivity contribution in [3.63, 3.8) is 0 Å². The third kappa shape index (κ3) is 2.00. The number of nitroso groups, excluding NO2 is 1. The van der Waals surface area contributed by atoms with Crippen molar-refractivity contribution in [1.82, 2.24) is 0 Å². The van der Waals surface area contributed by atoms with Gasteiger partial charge in [0, 0.05) is 0 Å². The van der Waals surface area contributed by atoms with Crippen LogP contribution in [0.5, 0.6) is 0 Å². The second-order valence-electron chi connectivity index (χ2n) is 2.73. The van der Waals surface area contributed by atoms with Gasteiger partial charge in [0.05, 0.1) is 0 Å². The van der Waals surface area contributed by atoms with Crippen LogP contribution < -0.4 is 0 Å². The molecule has 1 fully saturated rings. The minimum Gasteiger partial charge on any atom is -0.462 e. The van der Waals surface area contributed by atoms with Gasteiger partial charge < -0.3 is 4.74 Å². The van der Waals surface area contributed by atoms with Crippen molar-refractivity contribution in [2.45, 2.75) is 37.8 Å². The summed E-state index contributed by atoms with van der Waals surface area (Å²) in [5.41, 5.74) is 0. The van der Waals surface area contributed by atoms with E-state index in [2.05, 4.69) is 5.18 Å². The molecule has 0 saturated heterocycles. The molecule has 0 aromatic carbocycles. The lowest BCUT2D eigenvalue weighted by molar-refractivity contribution is -0.135. The molecule has 0 spiro atoms. The summed E-state index contributed by atoms with van der Waals surface area (Å²) in [6, 6.07) is -0.311. The van der Waals surface area contributed by atoms with Gasteiger partial charge in [-0.3, -0.25) is 4.79 Å². The van der Waals surface area contributed by atoms with Gasteiger partial charge in [0.25, 0.3) is 6.47 Å². The zero-order valence-corrected chi connectivity index (χ0v) is 6.23. The number of carbonyl (C=O) groups is 1. The second kappa shape index (κ2) is 4.05. The molecular weight excluding hydrogens is 146 g/mol. The number of hydrogen-bond acceptors (Lipinski definition) is 4. The summed E-state index contributed by atoms with van der Waals surface area (Å²) < 4.78 is 4.71. The summed E-state index contributed by atoms with van der Waals surface area (Å²) in [5.74, 6) is 0. The Balaban J connectivity index is 2.43. The highest BCUT2D eigenvalue weighted by Crippen LogP contribution is 2.22. The fourth-order valence-corrected chi connectivity index (χ4v) is 1.43. The molecule has 2 atom stereocenters. The largest absolute Gasteiger partial charge is 0.462 e. The molecule has 0 N–H and O–H groups in total. The minimum absolute atomic E-state index is 0.265. The molecule has 0 aromatic rings. The first-order valence-corrected chi connectivity index (χ1v) is 3.80. The number of carbonyl (C=O) groups excluding carboxylic acids is 1. The summed E-state index contributed by atoms with van der Waals surface area (Å²) in [4.78, 5) is 20.2. The molecule has 0 bridgehead atoms. The van der Waals surface area contributed by atoms with Crippen LogP contribution in [0.3, 0.4) is 0 Å². The minimum atomic E-state index is -0.311. The standard InChI is InChI=1S/C7H11NO3/c9-5-11-7-4-2-1-3-6(7)8-10/h5-7H,1-4H2/t6-,7-/m1/s1. The van der Waals surface area contributed by atoms with E-state index >= 15 is 0 Å². The van der Waals surface area contributed by atoms with E-state index < -0.39 is 0 Å². The van der Waals surface area contributed by atoms with E-state index in [0.29, 0.717) is 6.47 Å². The van der Waals surface area contributed by atoms with Crippen molar-refractivity contribution in [1.29, 1.82) is 0 Å². The molecule has 0 radical (unpaired) electrons. The van der Waals surface area contributed by atoms with Crippen LogP contribution in [-0.4, -0.2) is 18.6 Å². The van der Waals surface area contributed by atoms with Crippen molar-refractivity contribution in [3.05, 3.63) is 4.91 Å². The number of nitrogens with zero attached hydrogens (tertiary/aromatic N) is 1. The number of ether oxygens (including phenoxy) is 1. The average Bonchev–Trinajstić information content (AvgIpc) is 2.06. The summed E-state index contributed by atoms with van der Waals surface area (Å²) in [6.45, 7) is 0.397. The molecule has 1 saturated carbocycles. The van der Waals surface area contributed by atoms with E-state index in [0.717, 1.165) is 25.7 Å². The maximum Gasteiger partial charge on any atom is 0.293 e. The second-order valence-corrected chi connectivity index (χ2v) is 2.73. The summed E-state index contributed by atoms with van der Waals surface area (Å²) >= 11 is 0. The zero-order chi connectivity index (χ0) is 8.10. The lowest BCUT2D eigenvalue weighted by Gasteiger charge is -2.24. The fraction of sp³-hybridized carbons (Fsp3) is 0.857. The molecule has 4 heteroatoms. The molecule has 1 rings (SSSR count). The third-order valence-electron chi connectivity index (χ3n) is 2.03. The molecule has 0 heterocycles.